The second-order valence-electron chi connectivity index (χ2n) is 6.02. The lowest BCUT2D eigenvalue weighted by Gasteiger charge is -2.24. The number of carbonyl (C=O) groups excluding carboxylic acids is 2. The summed E-state index contributed by atoms with van der Waals surface area (Å²) in [4.78, 5) is 25.8. The van der Waals surface area contributed by atoms with Crippen molar-refractivity contribution in [3.05, 3.63) is 35.4 Å². The molecule has 0 radical (unpaired) electrons. The molecule has 0 aliphatic rings. The van der Waals surface area contributed by atoms with Crippen molar-refractivity contribution >= 4 is 11.8 Å². The number of aryl methyl sites for hydroxylation is 1. The van der Waals surface area contributed by atoms with Crippen LogP contribution >= 0.6 is 0 Å². The molecule has 5 nitrogen and oxygen atoms in total. The summed E-state index contributed by atoms with van der Waals surface area (Å²) >= 11 is 0. The molecular weight excluding hydrogens is 278 g/mol. The number of nitrogens with zero attached hydrogens (tertiary/aromatic N) is 1. The highest BCUT2D eigenvalue weighted by atomic mass is 16.2. The highest BCUT2D eigenvalue weighted by molar-refractivity contribution is 5.83. The molecule has 0 aliphatic heterocycles. The summed E-state index contributed by atoms with van der Waals surface area (Å²) in [6.45, 7) is 6.56. The van der Waals surface area contributed by atoms with E-state index in [1.807, 2.05) is 64.0 Å². The fraction of sp³-hybridized carbons (Fsp3) is 0.529. The number of benzene rings is 1. The summed E-state index contributed by atoms with van der Waals surface area (Å²) < 4.78 is 0. The van der Waals surface area contributed by atoms with Crippen LogP contribution in [0.4, 0.5) is 0 Å². The SMILES string of the molecule is Cc1cccc([C@@H](C(=O)NCCNC(=O)C(C)C)N(C)C)c1. The average molecular weight is 305 g/mol. The lowest BCUT2D eigenvalue weighted by atomic mass is 10.0. The first-order valence-corrected chi connectivity index (χ1v) is 7.61. The molecule has 0 heterocycles. The van der Waals surface area contributed by atoms with Gasteiger partial charge in [0.2, 0.25) is 11.8 Å². The van der Waals surface area contributed by atoms with Crippen molar-refractivity contribution in [2.75, 3.05) is 27.2 Å². The van der Waals surface area contributed by atoms with Gasteiger partial charge >= 0.3 is 0 Å². The topological polar surface area (TPSA) is 61.4 Å². The Balaban J connectivity index is 2.58. The van der Waals surface area contributed by atoms with Gasteiger partial charge in [-0.25, -0.2) is 0 Å². The van der Waals surface area contributed by atoms with Crippen LogP contribution in [0, 0.1) is 12.8 Å². The third-order valence-corrected chi connectivity index (χ3v) is 3.37. The van der Waals surface area contributed by atoms with Gasteiger partial charge in [0.1, 0.15) is 6.04 Å². The molecule has 0 aromatic heterocycles. The molecular formula is C17H27N3O2. The van der Waals surface area contributed by atoms with Gasteiger partial charge < -0.3 is 10.6 Å². The smallest absolute Gasteiger partial charge is 0.242 e. The van der Waals surface area contributed by atoms with Gasteiger partial charge in [-0.05, 0) is 26.6 Å². The standard InChI is InChI=1S/C17H27N3O2/c1-12(2)16(21)18-9-10-19-17(22)15(20(4)5)14-8-6-7-13(3)11-14/h6-8,11-12,15H,9-10H2,1-5H3,(H,18,21)(H,19,22)/t15-/m0/s1. The predicted octanol–water partition coefficient (Wildman–Crippen LogP) is 1.49. The van der Waals surface area contributed by atoms with Gasteiger partial charge in [0.15, 0.2) is 0 Å². The van der Waals surface area contributed by atoms with Gasteiger partial charge in [-0.2, -0.15) is 0 Å². The fourth-order valence-electron chi connectivity index (χ4n) is 2.20. The van der Waals surface area contributed by atoms with Crippen LogP contribution in [0.3, 0.4) is 0 Å². The lowest BCUT2D eigenvalue weighted by molar-refractivity contribution is -0.126. The number of likely N-dealkylation sites (N-methyl/N-ethyl adjacent to an activating group) is 1. The number of hydrogen-bond donors (Lipinski definition) is 2. The molecule has 0 unspecified atom stereocenters. The summed E-state index contributed by atoms with van der Waals surface area (Å²) in [6, 6.07) is 7.61. The second-order valence-corrected chi connectivity index (χ2v) is 6.02. The quantitative estimate of drug-likeness (QED) is 0.750. The Morgan fingerprint density at radius 2 is 1.68 bits per heavy atom. The zero-order chi connectivity index (χ0) is 16.7. The van der Waals surface area contributed by atoms with Crippen molar-refractivity contribution in [2.24, 2.45) is 5.92 Å². The monoisotopic (exact) mass is 305 g/mol. The highest BCUT2D eigenvalue weighted by Gasteiger charge is 2.22. The van der Waals surface area contributed by atoms with E-state index in [1.54, 1.807) is 0 Å². The molecule has 1 aromatic carbocycles. The summed E-state index contributed by atoms with van der Waals surface area (Å²) in [5.41, 5.74) is 2.09. The Morgan fingerprint density at radius 1 is 1.09 bits per heavy atom. The normalized spacial score (nSPS) is 12.3. The van der Waals surface area contributed by atoms with Crippen molar-refractivity contribution in [3.63, 3.8) is 0 Å². The van der Waals surface area contributed by atoms with Crippen LogP contribution in [0.5, 0.6) is 0 Å². The molecule has 0 saturated carbocycles. The van der Waals surface area contributed by atoms with E-state index < -0.39 is 0 Å². The maximum Gasteiger partial charge on any atom is 0.242 e. The minimum atomic E-state index is -0.333. The van der Waals surface area contributed by atoms with Crippen LogP contribution in [0.25, 0.3) is 0 Å². The van der Waals surface area contributed by atoms with Crippen molar-refractivity contribution in [1.29, 1.82) is 0 Å². The molecule has 0 aliphatic carbocycles. The minimum Gasteiger partial charge on any atom is -0.354 e. The molecule has 1 aromatic rings. The van der Waals surface area contributed by atoms with Crippen LogP contribution in [-0.4, -0.2) is 43.9 Å². The largest absolute Gasteiger partial charge is 0.354 e. The molecule has 0 spiro atoms. The molecule has 1 atom stereocenters. The summed E-state index contributed by atoms with van der Waals surface area (Å²) in [7, 11) is 3.76. The molecule has 1 rings (SSSR count). The number of nitrogens with one attached hydrogen (secondary N) is 2. The maximum atomic E-state index is 12.4. The third kappa shape index (κ3) is 5.48. The van der Waals surface area contributed by atoms with Crippen molar-refractivity contribution in [2.45, 2.75) is 26.8 Å². The van der Waals surface area contributed by atoms with E-state index >= 15 is 0 Å². The zero-order valence-corrected chi connectivity index (χ0v) is 14.1. The molecule has 0 bridgehead atoms. The Morgan fingerprint density at radius 3 is 2.18 bits per heavy atom. The molecule has 22 heavy (non-hydrogen) atoms. The van der Waals surface area contributed by atoms with Crippen molar-refractivity contribution < 1.29 is 9.59 Å². The predicted molar refractivity (Wildman–Crippen MR) is 88.5 cm³/mol. The minimum absolute atomic E-state index is 0.00269. The van der Waals surface area contributed by atoms with Gasteiger partial charge in [-0.1, -0.05) is 43.7 Å². The number of amides is 2. The van der Waals surface area contributed by atoms with Crippen LogP contribution in [0.1, 0.15) is 31.0 Å². The first kappa shape index (κ1) is 18.2. The third-order valence-electron chi connectivity index (χ3n) is 3.37. The van der Waals surface area contributed by atoms with Crippen LogP contribution in [-0.2, 0) is 9.59 Å². The van der Waals surface area contributed by atoms with Gasteiger partial charge in [-0.3, -0.25) is 14.5 Å². The molecule has 2 N–H and O–H groups in total. The molecule has 0 fully saturated rings. The average Bonchev–Trinajstić information content (AvgIpc) is 2.43. The summed E-state index contributed by atoms with van der Waals surface area (Å²) in [5.74, 6) is -0.107. The van der Waals surface area contributed by atoms with E-state index in [2.05, 4.69) is 10.6 Å². The van der Waals surface area contributed by atoms with Crippen molar-refractivity contribution in [3.8, 4) is 0 Å². The Labute approximate surface area is 133 Å². The Bertz CT molecular complexity index is 512. The first-order chi connectivity index (χ1) is 10.3. The molecule has 5 heteroatoms. The van der Waals surface area contributed by atoms with E-state index in [4.69, 9.17) is 0 Å². The summed E-state index contributed by atoms with van der Waals surface area (Å²) in [6.07, 6.45) is 0. The maximum absolute atomic E-state index is 12.4. The van der Waals surface area contributed by atoms with Gasteiger partial charge in [0.25, 0.3) is 0 Å². The number of hydrogen-bond acceptors (Lipinski definition) is 3. The highest BCUT2D eigenvalue weighted by Crippen LogP contribution is 2.19. The Hall–Kier alpha value is -1.88. The summed E-state index contributed by atoms with van der Waals surface area (Å²) in [5, 5.41) is 5.67. The van der Waals surface area contributed by atoms with E-state index in [0.717, 1.165) is 11.1 Å². The molecule has 2 amide bonds. The number of rotatable bonds is 7. The van der Waals surface area contributed by atoms with Crippen LogP contribution in [0.15, 0.2) is 24.3 Å². The first-order valence-electron chi connectivity index (χ1n) is 7.61. The lowest BCUT2D eigenvalue weighted by Crippen LogP contribution is -2.41. The van der Waals surface area contributed by atoms with Crippen LogP contribution < -0.4 is 10.6 Å². The van der Waals surface area contributed by atoms with Crippen molar-refractivity contribution in [1.82, 2.24) is 15.5 Å². The zero-order valence-electron chi connectivity index (χ0n) is 14.1. The van der Waals surface area contributed by atoms with Gasteiger partial charge in [0, 0.05) is 19.0 Å². The Kier molecular flexibility index (Phi) is 7.05. The van der Waals surface area contributed by atoms with E-state index in [1.165, 1.54) is 0 Å². The van der Waals surface area contributed by atoms with Gasteiger partial charge in [0.05, 0.1) is 0 Å². The van der Waals surface area contributed by atoms with E-state index in [-0.39, 0.29) is 23.8 Å². The fourth-order valence-corrected chi connectivity index (χ4v) is 2.20. The molecule has 0 saturated heterocycles. The van der Waals surface area contributed by atoms with Gasteiger partial charge in [-0.15, -0.1) is 0 Å². The number of carbonyl (C=O) groups is 2. The second kappa shape index (κ2) is 8.54. The van der Waals surface area contributed by atoms with Crippen LogP contribution in [0.2, 0.25) is 0 Å². The van der Waals surface area contributed by atoms with E-state index in [0.29, 0.717) is 13.1 Å². The molecule has 122 valence electrons. The van der Waals surface area contributed by atoms with E-state index in [9.17, 15) is 9.59 Å².